The second-order valence-electron chi connectivity index (χ2n) is 4.22. The third-order valence-corrected chi connectivity index (χ3v) is 2.81. The van der Waals surface area contributed by atoms with Gasteiger partial charge in [0.1, 0.15) is 5.82 Å². The van der Waals surface area contributed by atoms with Crippen molar-refractivity contribution in [3.63, 3.8) is 0 Å². The van der Waals surface area contributed by atoms with Crippen molar-refractivity contribution in [1.29, 1.82) is 0 Å². The molecule has 1 aromatic heterocycles. The molecule has 1 N–H and O–H groups in total. The van der Waals surface area contributed by atoms with Gasteiger partial charge in [-0.2, -0.15) is 0 Å². The van der Waals surface area contributed by atoms with Gasteiger partial charge in [0.2, 0.25) is 0 Å². The minimum absolute atomic E-state index is 0.346. The van der Waals surface area contributed by atoms with Crippen LogP contribution in [0.15, 0.2) is 18.3 Å². The van der Waals surface area contributed by atoms with E-state index in [0.717, 1.165) is 32.1 Å². The summed E-state index contributed by atoms with van der Waals surface area (Å²) in [5.74, 6) is 0.916. The maximum Gasteiger partial charge on any atom is 0.125 e. The molecule has 1 fully saturated rings. The summed E-state index contributed by atoms with van der Waals surface area (Å²) >= 11 is 0. The Kier molecular flexibility index (Phi) is 3.74. The summed E-state index contributed by atoms with van der Waals surface area (Å²) in [7, 11) is 1.88. The quantitative estimate of drug-likeness (QED) is 0.836. The second-order valence-corrected chi connectivity index (χ2v) is 4.22. The first-order chi connectivity index (χ1) is 7.78. The van der Waals surface area contributed by atoms with E-state index in [1.807, 2.05) is 19.3 Å². The average Bonchev–Trinajstić information content (AvgIpc) is 2.30. The predicted molar refractivity (Wildman–Crippen MR) is 64.5 cm³/mol. The molecule has 0 aromatic carbocycles. The minimum Gasteiger partial charge on any atom is -0.376 e. The number of aromatic nitrogens is 1. The third-order valence-electron chi connectivity index (χ3n) is 2.81. The molecule has 16 heavy (non-hydrogen) atoms. The lowest BCUT2D eigenvalue weighted by Gasteiger charge is -2.30. The molecule has 0 aliphatic carbocycles. The summed E-state index contributed by atoms with van der Waals surface area (Å²) in [5.41, 5.74) is 1.26. The highest BCUT2D eigenvalue weighted by Gasteiger charge is 2.16. The Morgan fingerprint density at radius 1 is 1.56 bits per heavy atom. The Morgan fingerprint density at radius 2 is 2.44 bits per heavy atom. The molecule has 1 aliphatic rings. The summed E-state index contributed by atoms with van der Waals surface area (Å²) in [5, 5.41) is 3.02. The molecule has 0 amide bonds. The Morgan fingerprint density at radius 3 is 3.06 bits per heavy atom. The van der Waals surface area contributed by atoms with Crippen LogP contribution in [0.1, 0.15) is 12.5 Å². The molecule has 1 atom stereocenters. The fourth-order valence-electron chi connectivity index (χ4n) is 1.96. The Hall–Kier alpha value is -1.13. The van der Waals surface area contributed by atoms with E-state index < -0.39 is 0 Å². The molecule has 1 aliphatic heterocycles. The van der Waals surface area contributed by atoms with Gasteiger partial charge in [-0.05, 0) is 18.6 Å². The maximum absolute atomic E-state index is 5.51. The normalized spacial score (nSPS) is 22.0. The number of ether oxygens (including phenoxy) is 1. The fraction of sp³-hybridized carbons (Fsp3) is 0.583. The molecule has 0 spiro atoms. The van der Waals surface area contributed by atoms with Crippen LogP contribution in [0.4, 0.5) is 5.82 Å². The van der Waals surface area contributed by atoms with Crippen molar-refractivity contribution < 1.29 is 4.74 Å². The van der Waals surface area contributed by atoms with Gasteiger partial charge in [-0.1, -0.05) is 6.07 Å². The fourth-order valence-corrected chi connectivity index (χ4v) is 1.96. The van der Waals surface area contributed by atoms with Crippen molar-refractivity contribution in [1.82, 2.24) is 9.88 Å². The summed E-state index contributed by atoms with van der Waals surface area (Å²) < 4.78 is 5.51. The van der Waals surface area contributed by atoms with Crippen molar-refractivity contribution in [2.24, 2.45) is 0 Å². The first kappa shape index (κ1) is 11.4. The number of morpholine rings is 1. The predicted octanol–water partition coefficient (Wildman–Crippen LogP) is 1.34. The first-order valence-electron chi connectivity index (χ1n) is 5.74. The minimum atomic E-state index is 0.346. The van der Waals surface area contributed by atoms with Gasteiger partial charge in [-0.15, -0.1) is 0 Å². The molecule has 0 radical (unpaired) electrons. The van der Waals surface area contributed by atoms with E-state index in [1.54, 1.807) is 0 Å². The molecule has 0 saturated carbocycles. The number of hydrogen-bond acceptors (Lipinski definition) is 4. The van der Waals surface area contributed by atoms with E-state index in [1.165, 1.54) is 5.56 Å². The second kappa shape index (κ2) is 5.27. The first-order valence-corrected chi connectivity index (χ1v) is 5.74. The van der Waals surface area contributed by atoms with Crippen molar-refractivity contribution in [3.05, 3.63) is 23.9 Å². The molecule has 2 heterocycles. The third kappa shape index (κ3) is 2.93. The highest BCUT2D eigenvalue weighted by molar-refractivity contribution is 5.34. The van der Waals surface area contributed by atoms with Crippen molar-refractivity contribution in [3.8, 4) is 0 Å². The SMILES string of the molecule is CNc1ccc(CN2CCOC(C)C2)cn1. The van der Waals surface area contributed by atoms with E-state index in [4.69, 9.17) is 4.74 Å². The highest BCUT2D eigenvalue weighted by atomic mass is 16.5. The maximum atomic E-state index is 5.51. The molecule has 88 valence electrons. The van der Waals surface area contributed by atoms with Crippen LogP contribution in [-0.4, -0.2) is 42.7 Å². The molecule has 2 rings (SSSR count). The number of hydrogen-bond donors (Lipinski definition) is 1. The lowest BCUT2D eigenvalue weighted by Crippen LogP contribution is -2.40. The van der Waals surface area contributed by atoms with Crippen LogP contribution in [0.5, 0.6) is 0 Å². The Labute approximate surface area is 96.6 Å². The molecule has 4 nitrogen and oxygen atoms in total. The van der Waals surface area contributed by atoms with Crippen LogP contribution in [0, 0.1) is 0 Å². The van der Waals surface area contributed by atoms with E-state index in [-0.39, 0.29) is 0 Å². The van der Waals surface area contributed by atoms with Gasteiger partial charge >= 0.3 is 0 Å². The van der Waals surface area contributed by atoms with Gasteiger partial charge in [-0.25, -0.2) is 4.98 Å². The van der Waals surface area contributed by atoms with Gasteiger partial charge < -0.3 is 10.1 Å². The number of anilines is 1. The van der Waals surface area contributed by atoms with Crippen LogP contribution in [0.25, 0.3) is 0 Å². The molecule has 4 heteroatoms. The zero-order valence-corrected chi connectivity index (χ0v) is 9.94. The molecular weight excluding hydrogens is 202 g/mol. The zero-order chi connectivity index (χ0) is 11.4. The number of pyridine rings is 1. The van der Waals surface area contributed by atoms with Crippen LogP contribution < -0.4 is 5.32 Å². The zero-order valence-electron chi connectivity index (χ0n) is 9.94. The van der Waals surface area contributed by atoms with Crippen molar-refractivity contribution in [2.75, 3.05) is 32.1 Å². The monoisotopic (exact) mass is 221 g/mol. The Bertz CT molecular complexity index is 326. The number of rotatable bonds is 3. The standard InChI is InChI=1S/C12H19N3O/c1-10-8-15(5-6-16-10)9-11-3-4-12(13-2)14-7-11/h3-4,7,10H,5-6,8-9H2,1-2H3,(H,13,14). The van der Waals surface area contributed by atoms with Gasteiger partial charge in [-0.3, -0.25) is 4.90 Å². The molecule has 1 unspecified atom stereocenters. The van der Waals surface area contributed by atoms with Crippen LogP contribution in [-0.2, 0) is 11.3 Å². The molecule has 1 saturated heterocycles. The summed E-state index contributed by atoms with van der Waals surface area (Å²) in [6, 6.07) is 4.14. The smallest absolute Gasteiger partial charge is 0.125 e. The lowest BCUT2D eigenvalue weighted by atomic mass is 10.2. The van der Waals surface area contributed by atoms with E-state index in [0.29, 0.717) is 6.10 Å². The van der Waals surface area contributed by atoms with Crippen molar-refractivity contribution >= 4 is 5.82 Å². The Balaban J connectivity index is 1.92. The van der Waals surface area contributed by atoms with Crippen LogP contribution >= 0.6 is 0 Å². The highest BCUT2D eigenvalue weighted by Crippen LogP contribution is 2.11. The number of nitrogens with zero attached hydrogens (tertiary/aromatic N) is 2. The van der Waals surface area contributed by atoms with E-state index in [9.17, 15) is 0 Å². The lowest BCUT2D eigenvalue weighted by molar-refractivity contribution is -0.0212. The average molecular weight is 221 g/mol. The molecule has 1 aromatic rings. The van der Waals surface area contributed by atoms with Gasteiger partial charge in [0.05, 0.1) is 12.7 Å². The van der Waals surface area contributed by atoms with E-state index >= 15 is 0 Å². The molecule has 0 bridgehead atoms. The summed E-state index contributed by atoms with van der Waals surface area (Å²) in [6.45, 7) is 5.94. The topological polar surface area (TPSA) is 37.4 Å². The van der Waals surface area contributed by atoms with Crippen molar-refractivity contribution in [2.45, 2.75) is 19.6 Å². The van der Waals surface area contributed by atoms with E-state index in [2.05, 4.69) is 28.2 Å². The van der Waals surface area contributed by atoms with Crippen LogP contribution in [0.2, 0.25) is 0 Å². The van der Waals surface area contributed by atoms with Gasteiger partial charge in [0, 0.05) is 32.9 Å². The summed E-state index contributed by atoms with van der Waals surface area (Å²) in [4.78, 5) is 6.72. The van der Waals surface area contributed by atoms with Gasteiger partial charge in [0.25, 0.3) is 0 Å². The summed E-state index contributed by atoms with van der Waals surface area (Å²) in [6.07, 6.45) is 2.28. The largest absolute Gasteiger partial charge is 0.376 e. The molecular formula is C12H19N3O. The van der Waals surface area contributed by atoms with Crippen LogP contribution in [0.3, 0.4) is 0 Å². The van der Waals surface area contributed by atoms with Gasteiger partial charge in [0.15, 0.2) is 0 Å². The number of nitrogens with one attached hydrogen (secondary N) is 1.